The first-order chi connectivity index (χ1) is 9.33. The smallest absolute Gasteiger partial charge is 0.0713 e. The Morgan fingerprint density at radius 1 is 1.26 bits per heavy atom. The minimum absolute atomic E-state index is 0.0290. The number of thiophene rings is 1. The maximum Gasteiger partial charge on any atom is 0.0713 e. The summed E-state index contributed by atoms with van der Waals surface area (Å²) < 4.78 is 5.09. The monoisotopic (exact) mass is 277 g/mol. The molecule has 0 saturated carbocycles. The van der Waals surface area contributed by atoms with Gasteiger partial charge in [-0.2, -0.15) is 0 Å². The molecule has 1 atom stereocenters. The van der Waals surface area contributed by atoms with Crippen LogP contribution in [-0.2, 0) is 17.9 Å². The van der Waals surface area contributed by atoms with Gasteiger partial charge in [-0.15, -0.1) is 11.3 Å². The molecule has 1 heterocycles. The van der Waals surface area contributed by atoms with E-state index >= 15 is 0 Å². The Morgan fingerprint density at radius 2 is 2.05 bits per heavy atom. The van der Waals surface area contributed by atoms with Crippen molar-refractivity contribution in [1.82, 2.24) is 5.32 Å². The van der Waals surface area contributed by atoms with Crippen molar-refractivity contribution in [1.29, 1.82) is 0 Å². The van der Waals surface area contributed by atoms with E-state index in [-0.39, 0.29) is 12.6 Å². The summed E-state index contributed by atoms with van der Waals surface area (Å²) in [6.45, 7) is 1.49. The molecule has 0 aliphatic carbocycles. The van der Waals surface area contributed by atoms with Crippen molar-refractivity contribution in [2.24, 2.45) is 0 Å². The van der Waals surface area contributed by atoms with E-state index in [9.17, 15) is 5.11 Å². The largest absolute Gasteiger partial charge is 0.394 e. The third kappa shape index (κ3) is 4.14. The number of rotatable bonds is 7. The van der Waals surface area contributed by atoms with Gasteiger partial charge >= 0.3 is 0 Å². The van der Waals surface area contributed by atoms with Gasteiger partial charge in [-0.1, -0.05) is 30.3 Å². The highest BCUT2D eigenvalue weighted by Gasteiger charge is 2.09. The van der Waals surface area contributed by atoms with Gasteiger partial charge in [0.05, 0.1) is 19.3 Å². The van der Waals surface area contributed by atoms with E-state index in [1.165, 1.54) is 4.88 Å². The van der Waals surface area contributed by atoms with Crippen molar-refractivity contribution in [2.45, 2.75) is 19.2 Å². The molecule has 2 rings (SSSR count). The third-order valence-corrected chi connectivity index (χ3v) is 3.85. The lowest BCUT2D eigenvalue weighted by Gasteiger charge is -2.16. The second-order valence-electron chi connectivity index (χ2n) is 4.37. The molecule has 0 aliphatic heterocycles. The first-order valence-electron chi connectivity index (χ1n) is 6.28. The molecule has 0 amide bonds. The van der Waals surface area contributed by atoms with Crippen LogP contribution < -0.4 is 5.32 Å². The number of aliphatic hydroxyl groups is 1. The van der Waals surface area contributed by atoms with Crippen molar-refractivity contribution >= 4 is 11.3 Å². The molecule has 0 aliphatic rings. The fourth-order valence-electron chi connectivity index (χ4n) is 1.94. The summed E-state index contributed by atoms with van der Waals surface area (Å²) >= 11 is 1.72. The predicted molar refractivity (Wildman–Crippen MR) is 78.1 cm³/mol. The van der Waals surface area contributed by atoms with E-state index in [1.807, 2.05) is 30.3 Å². The summed E-state index contributed by atoms with van der Waals surface area (Å²) in [6.07, 6.45) is 0. The topological polar surface area (TPSA) is 41.5 Å². The lowest BCUT2D eigenvalue weighted by Crippen LogP contribution is -2.23. The highest BCUT2D eigenvalue weighted by atomic mass is 32.1. The molecule has 0 radical (unpaired) electrons. The highest BCUT2D eigenvalue weighted by Crippen LogP contribution is 2.16. The first kappa shape index (κ1) is 14.2. The molecular formula is C15H19NO2S. The van der Waals surface area contributed by atoms with Gasteiger partial charge in [0.2, 0.25) is 0 Å². The van der Waals surface area contributed by atoms with Crippen LogP contribution in [0.4, 0.5) is 0 Å². The van der Waals surface area contributed by atoms with Gasteiger partial charge in [-0.05, 0) is 22.6 Å². The summed E-state index contributed by atoms with van der Waals surface area (Å²) in [5.74, 6) is 0. The molecule has 0 spiro atoms. The molecule has 1 aromatic heterocycles. The molecular weight excluding hydrogens is 258 g/mol. The number of aliphatic hydroxyl groups excluding tert-OH is 1. The van der Waals surface area contributed by atoms with E-state index in [0.717, 1.165) is 17.7 Å². The number of hydrogen-bond donors (Lipinski definition) is 2. The SMILES string of the molecule is COCc1ccc(C(CO)NCc2cccs2)cc1. The van der Waals surface area contributed by atoms with E-state index < -0.39 is 0 Å². The fraction of sp³-hybridized carbons (Fsp3) is 0.333. The Kier molecular flexibility index (Phi) is 5.54. The standard InChI is InChI=1S/C15H19NO2S/c1-18-11-12-4-6-13(7-5-12)15(10-17)16-9-14-3-2-8-19-14/h2-8,15-17H,9-11H2,1H3. The van der Waals surface area contributed by atoms with Crippen molar-refractivity contribution in [2.75, 3.05) is 13.7 Å². The molecule has 0 saturated heterocycles. The summed E-state index contributed by atoms with van der Waals surface area (Å²) in [5.41, 5.74) is 2.24. The van der Waals surface area contributed by atoms with Crippen molar-refractivity contribution in [3.05, 3.63) is 57.8 Å². The van der Waals surface area contributed by atoms with Gasteiger partial charge in [0.1, 0.15) is 0 Å². The number of nitrogens with one attached hydrogen (secondary N) is 1. The fourth-order valence-corrected chi connectivity index (χ4v) is 2.59. The summed E-state index contributed by atoms with van der Waals surface area (Å²) in [5, 5.41) is 14.9. The molecule has 102 valence electrons. The highest BCUT2D eigenvalue weighted by molar-refractivity contribution is 7.09. The number of ether oxygens (including phenoxy) is 1. The number of benzene rings is 1. The van der Waals surface area contributed by atoms with Gasteiger partial charge in [0.15, 0.2) is 0 Å². The molecule has 19 heavy (non-hydrogen) atoms. The van der Waals surface area contributed by atoms with Crippen LogP contribution in [0.3, 0.4) is 0 Å². The lowest BCUT2D eigenvalue weighted by molar-refractivity contribution is 0.185. The Balaban J connectivity index is 1.96. The molecule has 4 heteroatoms. The van der Waals surface area contributed by atoms with Crippen LogP contribution in [0, 0.1) is 0 Å². The minimum Gasteiger partial charge on any atom is -0.394 e. The van der Waals surface area contributed by atoms with Crippen molar-refractivity contribution in [3.8, 4) is 0 Å². The van der Waals surface area contributed by atoms with Crippen LogP contribution >= 0.6 is 11.3 Å². The van der Waals surface area contributed by atoms with Crippen LogP contribution in [-0.4, -0.2) is 18.8 Å². The summed E-state index contributed by atoms with van der Waals surface area (Å²) in [4.78, 5) is 1.27. The third-order valence-electron chi connectivity index (χ3n) is 2.98. The van der Waals surface area contributed by atoms with Crippen LogP contribution in [0.2, 0.25) is 0 Å². The molecule has 0 fully saturated rings. The van der Waals surface area contributed by atoms with Gasteiger partial charge < -0.3 is 15.2 Å². The van der Waals surface area contributed by atoms with Gasteiger partial charge in [-0.3, -0.25) is 0 Å². The average molecular weight is 277 g/mol. The Morgan fingerprint density at radius 3 is 2.63 bits per heavy atom. The van der Waals surface area contributed by atoms with Crippen molar-refractivity contribution < 1.29 is 9.84 Å². The Bertz CT molecular complexity index is 467. The second-order valence-corrected chi connectivity index (χ2v) is 5.40. The zero-order valence-electron chi connectivity index (χ0n) is 11.0. The summed E-state index contributed by atoms with van der Waals surface area (Å²) in [7, 11) is 1.69. The zero-order chi connectivity index (χ0) is 13.5. The van der Waals surface area contributed by atoms with Crippen LogP contribution in [0.25, 0.3) is 0 Å². The number of hydrogen-bond acceptors (Lipinski definition) is 4. The van der Waals surface area contributed by atoms with Crippen molar-refractivity contribution in [3.63, 3.8) is 0 Å². The maximum absolute atomic E-state index is 9.50. The maximum atomic E-state index is 9.50. The van der Waals surface area contributed by atoms with E-state index in [4.69, 9.17) is 4.74 Å². The Hall–Kier alpha value is -1.20. The molecule has 2 N–H and O–H groups in total. The molecule has 2 aromatic rings. The van der Waals surface area contributed by atoms with Gasteiger partial charge in [-0.25, -0.2) is 0 Å². The van der Waals surface area contributed by atoms with Gasteiger partial charge in [0.25, 0.3) is 0 Å². The van der Waals surface area contributed by atoms with E-state index in [0.29, 0.717) is 6.61 Å². The Labute approximate surface area is 117 Å². The first-order valence-corrected chi connectivity index (χ1v) is 7.16. The lowest BCUT2D eigenvalue weighted by atomic mass is 10.1. The normalized spacial score (nSPS) is 12.5. The minimum atomic E-state index is -0.0290. The van der Waals surface area contributed by atoms with Crippen LogP contribution in [0.1, 0.15) is 22.0 Å². The predicted octanol–water partition coefficient (Wildman–Crippen LogP) is 2.72. The van der Waals surface area contributed by atoms with Gasteiger partial charge in [0, 0.05) is 18.5 Å². The van der Waals surface area contributed by atoms with Crippen LogP contribution in [0.15, 0.2) is 41.8 Å². The molecule has 1 aromatic carbocycles. The average Bonchev–Trinajstić information content (AvgIpc) is 2.95. The zero-order valence-corrected chi connectivity index (χ0v) is 11.8. The second kappa shape index (κ2) is 7.40. The molecule has 3 nitrogen and oxygen atoms in total. The van der Waals surface area contributed by atoms with Crippen LogP contribution in [0.5, 0.6) is 0 Å². The number of methoxy groups -OCH3 is 1. The molecule has 1 unspecified atom stereocenters. The summed E-state index contributed by atoms with van der Waals surface area (Å²) in [6, 6.07) is 12.2. The van der Waals surface area contributed by atoms with E-state index in [2.05, 4.69) is 16.8 Å². The quantitative estimate of drug-likeness (QED) is 0.817. The van der Waals surface area contributed by atoms with E-state index in [1.54, 1.807) is 18.4 Å². The molecule has 0 bridgehead atoms.